The number of rotatable bonds is 3. The van der Waals surface area contributed by atoms with E-state index in [1.54, 1.807) is 18.2 Å². The summed E-state index contributed by atoms with van der Waals surface area (Å²) in [5.41, 5.74) is 0. The number of likely N-dealkylation sites (tertiary alicyclic amines) is 1. The highest BCUT2D eigenvalue weighted by Crippen LogP contribution is 2.26. The van der Waals surface area contributed by atoms with Gasteiger partial charge in [-0.2, -0.15) is 0 Å². The van der Waals surface area contributed by atoms with Crippen LogP contribution >= 0.6 is 31.9 Å². The average molecular weight is 398 g/mol. The Labute approximate surface area is 124 Å². The molecule has 1 fully saturated rings. The van der Waals surface area contributed by atoms with Gasteiger partial charge in [0.25, 0.3) is 0 Å². The molecule has 2 rings (SSSR count). The highest BCUT2D eigenvalue weighted by atomic mass is 79.9. The van der Waals surface area contributed by atoms with Crippen LogP contribution in [0, 0.1) is 0 Å². The standard InChI is InChI=1S/C11H14Br2N2O2S/c1-15-5-4-9(7-15)14-18(16,17)11-6-8(12)2-3-10(11)13/h2-3,6,9,14H,4-5,7H2,1H3. The Bertz CT molecular complexity index is 548. The molecule has 1 aromatic rings. The predicted octanol–water partition coefficient (Wildman–Crippen LogP) is 2.19. The van der Waals surface area contributed by atoms with Gasteiger partial charge in [0, 0.05) is 21.5 Å². The zero-order valence-corrected chi connectivity index (χ0v) is 13.8. The summed E-state index contributed by atoms with van der Waals surface area (Å²) in [7, 11) is -1.48. The third kappa shape index (κ3) is 3.33. The number of halogens is 2. The Hall–Kier alpha value is 0.0500. The van der Waals surface area contributed by atoms with Gasteiger partial charge in [0.15, 0.2) is 0 Å². The van der Waals surface area contributed by atoms with E-state index < -0.39 is 10.0 Å². The van der Waals surface area contributed by atoms with Crippen molar-refractivity contribution in [3.05, 3.63) is 27.1 Å². The molecule has 1 unspecified atom stereocenters. The van der Waals surface area contributed by atoms with Crippen LogP contribution in [0.25, 0.3) is 0 Å². The van der Waals surface area contributed by atoms with Crippen LogP contribution in [-0.4, -0.2) is 39.5 Å². The lowest BCUT2D eigenvalue weighted by molar-refractivity contribution is 0.407. The van der Waals surface area contributed by atoms with Crippen molar-refractivity contribution in [3.8, 4) is 0 Å². The van der Waals surface area contributed by atoms with E-state index in [4.69, 9.17) is 0 Å². The molecule has 18 heavy (non-hydrogen) atoms. The summed E-state index contributed by atoms with van der Waals surface area (Å²) in [6, 6.07) is 5.11. The first kappa shape index (κ1) is 14.5. The molecule has 1 aliphatic rings. The van der Waals surface area contributed by atoms with Gasteiger partial charge in [-0.15, -0.1) is 0 Å². The molecule has 0 aromatic heterocycles. The molecule has 1 atom stereocenters. The van der Waals surface area contributed by atoms with Crippen LogP contribution < -0.4 is 4.72 Å². The molecular formula is C11H14Br2N2O2S. The number of likely N-dealkylation sites (N-methyl/N-ethyl adjacent to an activating group) is 1. The topological polar surface area (TPSA) is 49.4 Å². The number of nitrogens with one attached hydrogen (secondary N) is 1. The van der Waals surface area contributed by atoms with Crippen molar-refractivity contribution in [2.75, 3.05) is 20.1 Å². The predicted molar refractivity (Wildman–Crippen MR) is 78.1 cm³/mol. The maximum absolute atomic E-state index is 12.3. The molecule has 0 bridgehead atoms. The molecule has 0 saturated carbocycles. The Morgan fingerprint density at radius 2 is 2.11 bits per heavy atom. The second-order valence-corrected chi connectivity index (χ2v) is 7.90. The van der Waals surface area contributed by atoms with Crippen molar-refractivity contribution in [2.45, 2.75) is 17.4 Å². The van der Waals surface area contributed by atoms with Crippen molar-refractivity contribution in [1.29, 1.82) is 0 Å². The van der Waals surface area contributed by atoms with Gasteiger partial charge >= 0.3 is 0 Å². The van der Waals surface area contributed by atoms with Crippen molar-refractivity contribution in [3.63, 3.8) is 0 Å². The van der Waals surface area contributed by atoms with Gasteiger partial charge < -0.3 is 4.90 Å². The van der Waals surface area contributed by atoms with E-state index in [1.165, 1.54) is 0 Å². The van der Waals surface area contributed by atoms with Gasteiger partial charge in [-0.1, -0.05) is 15.9 Å². The van der Waals surface area contributed by atoms with Crippen LogP contribution in [0.4, 0.5) is 0 Å². The molecule has 0 radical (unpaired) electrons. The summed E-state index contributed by atoms with van der Waals surface area (Å²) in [4.78, 5) is 2.38. The summed E-state index contributed by atoms with van der Waals surface area (Å²) in [6.45, 7) is 1.68. The largest absolute Gasteiger partial charge is 0.305 e. The fourth-order valence-electron chi connectivity index (χ4n) is 2.00. The second-order valence-electron chi connectivity index (χ2n) is 4.44. The van der Waals surface area contributed by atoms with Crippen LogP contribution in [0.5, 0.6) is 0 Å². The number of nitrogens with zero attached hydrogens (tertiary/aromatic N) is 1. The van der Waals surface area contributed by atoms with Crippen molar-refractivity contribution >= 4 is 41.9 Å². The fourth-order valence-corrected chi connectivity index (χ4v) is 4.76. The summed E-state index contributed by atoms with van der Waals surface area (Å²) in [5, 5.41) is 0. The third-order valence-electron chi connectivity index (χ3n) is 2.90. The Kier molecular flexibility index (Phi) is 4.48. The first-order valence-corrected chi connectivity index (χ1v) is 8.61. The monoisotopic (exact) mass is 396 g/mol. The highest BCUT2D eigenvalue weighted by Gasteiger charge is 2.26. The van der Waals surface area contributed by atoms with Gasteiger partial charge in [-0.05, 0) is 54.1 Å². The lowest BCUT2D eigenvalue weighted by Crippen LogP contribution is -2.36. The first-order valence-electron chi connectivity index (χ1n) is 5.54. The molecule has 1 N–H and O–H groups in total. The van der Waals surface area contributed by atoms with E-state index in [2.05, 4.69) is 41.5 Å². The van der Waals surface area contributed by atoms with Crippen molar-refractivity contribution in [1.82, 2.24) is 9.62 Å². The summed E-state index contributed by atoms with van der Waals surface area (Å²) < 4.78 is 28.6. The minimum Gasteiger partial charge on any atom is -0.305 e. The quantitative estimate of drug-likeness (QED) is 0.850. The number of hydrogen-bond donors (Lipinski definition) is 1. The van der Waals surface area contributed by atoms with Crippen LogP contribution in [0.15, 0.2) is 32.0 Å². The minimum atomic E-state index is -3.47. The molecule has 0 spiro atoms. The van der Waals surface area contributed by atoms with Crippen molar-refractivity contribution < 1.29 is 8.42 Å². The van der Waals surface area contributed by atoms with E-state index in [0.717, 1.165) is 24.0 Å². The molecule has 100 valence electrons. The molecular weight excluding hydrogens is 384 g/mol. The lowest BCUT2D eigenvalue weighted by Gasteiger charge is -2.14. The van der Waals surface area contributed by atoms with E-state index in [0.29, 0.717) is 4.47 Å². The van der Waals surface area contributed by atoms with Gasteiger partial charge in [0.1, 0.15) is 0 Å². The summed E-state index contributed by atoms with van der Waals surface area (Å²) in [5.74, 6) is 0. The SMILES string of the molecule is CN1CCC(NS(=O)(=O)c2cc(Br)ccc2Br)C1. The molecule has 7 heteroatoms. The van der Waals surface area contributed by atoms with E-state index in [-0.39, 0.29) is 10.9 Å². The van der Waals surface area contributed by atoms with Gasteiger partial charge in [0.05, 0.1) is 4.90 Å². The maximum atomic E-state index is 12.3. The lowest BCUT2D eigenvalue weighted by atomic mass is 10.3. The average Bonchev–Trinajstić information content (AvgIpc) is 2.66. The van der Waals surface area contributed by atoms with Crippen LogP contribution in [0.1, 0.15) is 6.42 Å². The zero-order valence-electron chi connectivity index (χ0n) is 9.86. The minimum absolute atomic E-state index is 0.00844. The molecule has 0 aliphatic carbocycles. The molecule has 1 heterocycles. The van der Waals surface area contributed by atoms with Crippen molar-refractivity contribution in [2.24, 2.45) is 0 Å². The Morgan fingerprint density at radius 1 is 1.39 bits per heavy atom. The van der Waals surface area contributed by atoms with E-state index in [1.807, 2.05) is 7.05 Å². The van der Waals surface area contributed by atoms with Gasteiger partial charge in [0.2, 0.25) is 10.0 Å². The fraction of sp³-hybridized carbons (Fsp3) is 0.455. The number of benzene rings is 1. The van der Waals surface area contributed by atoms with Crippen LogP contribution in [0.3, 0.4) is 0 Å². The summed E-state index contributed by atoms with van der Waals surface area (Å²) >= 11 is 6.57. The normalized spacial score (nSPS) is 21.4. The molecule has 1 aromatic carbocycles. The molecule has 0 amide bonds. The summed E-state index contributed by atoms with van der Waals surface area (Å²) in [6.07, 6.45) is 0.849. The Balaban J connectivity index is 2.23. The van der Waals surface area contributed by atoms with Gasteiger partial charge in [-0.25, -0.2) is 13.1 Å². The molecule has 1 saturated heterocycles. The van der Waals surface area contributed by atoms with Crippen LogP contribution in [-0.2, 0) is 10.0 Å². The van der Waals surface area contributed by atoms with E-state index >= 15 is 0 Å². The third-order valence-corrected chi connectivity index (χ3v) is 5.90. The Morgan fingerprint density at radius 3 is 2.72 bits per heavy atom. The van der Waals surface area contributed by atoms with Gasteiger partial charge in [-0.3, -0.25) is 0 Å². The maximum Gasteiger partial charge on any atom is 0.242 e. The smallest absolute Gasteiger partial charge is 0.242 e. The second kappa shape index (κ2) is 5.58. The molecule has 1 aliphatic heterocycles. The number of hydrogen-bond acceptors (Lipinski definition) is 3. The van der Waals surface area contributed by atoms with Crippen LogP contribution in [0.2, 0.25) is 0 Å². The highest BCUT2D eigenvalue weighted by molar-refractivity contribution is 9.11. The zero-order chi connectivity index (χ0) is 13.3. The van der Waals surface area contributed by atoms with E-state index in [9.17, 15) is 8.42 Å². The first-order chi connectivity index (χ1) is 8.38. The molecule has 4 nitrogen and oxygen atoms in total. The number of sulfonamides is 1.